The summed E-state index contributed by atoms with van der Waals surface area (Å²) in [5.41, 5.74) is 2.11. The van der Waals surface area contributed by atoms with Gasteiger partial charge >= 0.3 is 0 Å². The van der Waals surface area contributed by atoms with Crippen LogP contribution in [0.3, 0.4) is 0 Å². The largest absolute Gasteiger partial charge is 0.489 e. The Morgan fingerprint density at radius 3 is 2.56 bits per heavy atom. The van der Waals surface area contributed by atoms with Gasteiger partial charge in [0.2, 0.25) is 0 Å². The van der Waals surface area contributed by atoms with Crippen LogP contribution in [-0.4, -0.2) is 37.7 Å². The molecule has 0 amide bonds. The summed E-state index contributed by atoms with van der Waals surface area (Å²) in [7, 11) is -3.76. The van der Waals surface area contributed by atoms with Gasteiger partial charge in [-0.2, -0.15) is 0 Å². The molecule has 10 heteroatoms. The van der Waals surface area contributed by atoms with Crippen LogP contribution in [0.25, 0.3) is 0 Å². The van der Waals surface area contributed by atoms with Crippen molar-refractivity contribution in [1.82, 2.24) is 10.3 Å². The minimum atomic E-state index is -3.76. The third-order valence-electron chi connectivity index (χ3n) is 6.31. The first kappa shape index (κ1) is 27.5. The Labute approximate surface area is 237 Å². The zero-order chi connectivity index (χ0) is 27.2. The number of halogens is 1. The molecule has 3 aromatic carbocycles. The van der Waals surface area contributed by atoms with E-state index < -0.39 is 16.1 Å². The van der Waals surface area contributed by atoms with Crippen molar-refractivity contribution >= 4 is 39.1 Å². The molecule has 0 spiro atoms. The fraction of sp³-hybridized carbons (Fsp3) is 0.207. The molecule has 2 heterocycles. The van der Waals surface area contributed by atoms with Gasteiger partial charge in [-0.3, -0.25) is 9.71 Å². The molecule has 0 fully saturated rings. The highest BCUT2D eigenvalue weighted by Gasteiger charge is 2.23. The van der Waals surface area contributed by atoms with E-state index in [4.69, 9.17) is 16.3 Å². The molecule has 4 aromatic rings. The number of rotatable bonds is 10. The topological polar surface area (TPSA) is 101 Å². The van der Waals surface area contributed by atoms with Crippen LogP contribution in [0.4, 0.5) is 5.69 Å². The van der Waals surface area contributed by atoms with Crippen LogP contribution in [0.5, 0.6) is 5.75 Å². The van der Waals surface area contributed by atoms with E-state index in [-0.39, 0.29) is 11.0 Å². The SMILES string of the molecule is O=S(=O)(Nc1ccc(Sc2ccncc2)cc1)c1ccc2c(c1)CCC(CNCC(O)c1cccc(Cl)c1)O2. The Kier molecular flexibility index (Phi) is 8.74. The van der Waals surface area contributed by atoms with Crippen molar-refractivity contribution in [3.63, 3.8) is 0 Å². The Bertz CT molecular complexity index is 1520. The fourth-order valence-corrected chi connectivity index (χ4v) is 6.40. The van der Waals surface area contributed by atoms with E-state index in [1.165, 1.54) is 0 Å². The number of pyridine rings is 1. The number of hydrogen-bond donors (Lipinski definition) is 3. The van der Waals surface area contributed by atoms with Gasteiger partial charge in [0.1, 0.15) is 11.9 Å². The summed E-state index contributed by atoms with van der Waals surface area (Å²) in [5, 5.41) is 14.2. The number of fused-ring (bicyclic) bond motifs is 1. The second-order valence-corrected chi connectivity index (χ2v) is 12.5. The van der Waals surface area contributed by atoms with E-state index in [1.807, 2.05) is 36.4 Å². The van der Waals surface area contributed by atoms with Crippen molar-refractivity contribution in [3.8, 4) is 5.75 Å². The molecule has 1 aromatic heterocycles. The monoisotopic (exact) mass is 581 g/mol. The maximum Gasteiger partial charge on any atom is 0.261 e. The maximum atomic E-state index is 13.1. The lowest BCUT2D eigenvalue weighted by atomic mass is 10.0. The minimum Gasteiger partial charge on any atom is -0.489 e. The third kappa shape index (κ3) is 7.32. The lowest BCUT2D eigenvalue weighted by Gasteiger charge is -2.27. The van der Waals surface area contributed by atoms with Crippen LogP contribution >= 0.6 is 23.4 Å². The molecule has 1 aliphatic heterocycles. The van der Waals surface area contributed by atoms with Gasteiger partial charge in [-0.1, -0.05) is 35.5 Å². The normalized spacial score (nSPS) is 15.7. The molecule has 0 bridgehead atoms. The van der Waals surface area contributed by atoms with E-state index in [2.05, 4.69) is 15.0 Å². The van der Waals surface area contributed by atoms with Gasteiger partial charge in [0.25, 0.3) is 10.0 Å². The predicted molar refractivity (Wildman–Crippen MR) is 154 cm³/mol. The maximum absolute atomic E-state index is 13.1. The summed E-state index contributed by atoms with van der Waals surface area (Å²) < 4.78 is 34.9. The number of sulfonamides is 1. The molecule has 202 valence electrons. The highest BCUT2D eigenvalue weighted by Crippen LogP contribution is 2.31. The average molecular weight is 582 g/mol. The lowest BCUT2D eigenvalue weighted by Crippen LogP contribution is -2.36. The number of hydrogen-bond acceptors (Lipinski definition) is 7. The number of aryl methyl sites for hydroxylation is 1. The van der Waals surface area contributed by atoms with Crippen LogP contribution in [0, 0.1) is 0 Å². The number of anilines is 1. The van der Waals surface area contributed by atoms with Gasteiger partial charge in [0, 0.05) is 46.0 Å². The van der Waals surface area contributed by atoms with Crippen LogP contribution in [0.1, 0.15) is 23.7 Å². The molecule has 5 rings (SSSR count). The van der Waals surface area contributed by atoms with Crippen molar-refractivity contribution in [2.24, 2.45) is 0 Å². The van der Waals surface area contributed by atoms with Crippen molar-refractivity contribution in [3.05, 3.63) is 107 Å². The van der Waals surface area contributed by atoms with Crippen LogP contribution in [-0.2, 0) is 16.4 Å². The molecule has 39 heavy (non-hydrogen) atoms. The number of ether oxygens (including phenoxy) is 1. The van der Waals surface area contributed by atoms with E-state index in [1.54, 1.807) is 66.6 Å². The summed E-state index contributed by atoms with van der Waals surface area (Å²) in [4.78, 5) is 6.27. The van der Waals surface area contributed by atoms with Gasteiger partial charge in [-0.15, -0.1) is 0 Å². The van der Waals surface area contributed by atoms with Crippen molar-refractivity contribution in [1.29, 1.82) is 0 Å². The number of nitrogens with one attached hydrogen (secondary N) is 2. The van der Waals surface area contributed by atoms with Gasteiger partial charge < -0.3 is 15.2 Å². The lowest BCUT2D eigenvalue weighted by molar-refractivity contribution is 0.146. The van der Waals surface area contributed by atoms with Gasteiger partial charge in [-0.25, -0.2) is 8.42 Å². The predicted octanol–water partition coefficient (Wildman–Crippen LogP) is 5.70. The summed E-state index contributed by atoms with van der Waals surface area (Å²) in [6, 6.07) is 23.2. The quantitative estimate of drug-likeness (QED) is 0.221. The van der Waals surface area contributed by atoms with Crippen LogP contribution in [0.2, 0.25) is 5.02 Å². The number of aliphatic hydroxyl groups excluding tert-OH is 1. The van der Waals surface area contributed by atoms with E-state index >= 15 is 0 Å². The van der Waals surface area contributed by atoms with Gasteiger partial charge in [-0.05, 0) is 90.7 Å². The first-order valence-corrected chi connectivity index (χ1v) is 15.2. The molecule has 0 saturated heterocycles. The first-order valence-electron chi connectivity index (χ1n) is 12.5. The molecule has 1 aliphatic rings. The summed E-state index contributed by atoms with van der Waals surface area (Å²) in [5.74, 6) is 0.680. The summed E-state index contributed by atoms with van der Waals surface area (Å²) in [6.07, 6.45) is 4.16. The Balaban J connectivity index is 1.15. The first-order chi connectivity index (χ1) is 18.9. The minimum absolute atomic E-state index is 0.0758. The summed E-state index contributed by atoms with van der Waals surface area (Å²) >= 11 is 7.59. The van der Waals surface area contributed by atoms with Crippen LogP contribution < -0.4 is 14.8 Å². The van der Waals surface area contributed by atoms with E-state index in [0.29, 0.717) is 36.0 Å². The fourth-order valence-electron chi connectivity index (χ4n) is 4.29. The molecular formula is C29H28ClN3O4S2. The molecule has 0 radical (unpaired) electrons. The number of nitrogens with zero attached hydrogens (tertiary/aromatic N) is 1. The Morgan fingerprint density at radius 2 is 1.79 bits per heavy atom. The Hall–Kier alpha value is -3.08. The summed E-state index contributed by atoms with van der Waals surface area (Å²) in [6.45, 7) is 0.938. The second-order valence-electron chi connectivity index (χ2n) is 9.19. The van der Waals surface area contributed by atoms with E-state index in [0.717, 1.165) is 27.3 Å². The zero-order valence-corrected chi connectivity index (χ0v) is 23.3. The van der Waals surface area contributed by atoms with Crippen molar-refractivity contribution < 1.29 is 18.3 Å². The van der Waals surface area contributed by atoms with Crippen molar-refractivity contribution in [2.75, 3.05) is 17.8 Å². The standard InChI is InChI=1S/C29H28ClN3O4S2/c30-22-3-1-2-20(16-22)28(34)19-32-18-24-7-4-21-17-27(10-11-29(21)37-24)39(35,36)33-23-5-8-25(9-6-23)38-26-12-14-31-15-13-26/h1-3,5-6,8-17,24,28,32-34H,4,7,18-19H2. The molecule has 2 unspecified atom stereocenters. The molecule has 0 saturated carbocycles. The van der Waals surface area contributed by atoms with Crippen molar-refractivity contribution in [2.45, 2.75) is 39.7 Å². The highest BCUT2D eigenvalue weighted by molar-refractivity contribution is 7.99. The molecule has 7 nitrogen and oxygen atoms in total. The molecule has 0 aliphatic carbocycles. The highest BCUT2D eigenvalue weighted by atomic mass is 35.5. The second kappa shape index (κ2) is 12.4. The smallest absolute Gasteiger partial charge is 0.261 e. The average Bonchev–Trinajstić information content (AvgIpc) is 2.94. The molecule has 3 N–H and O–H groups in total. The molecule has 2 atom stereocenters. The number of benzene rings is 3. The van der Waals surface area contributed by atoms with E-state index in [9.17, 15) is 13.5 Å². The Morgan fingerprint density at radius 1 is 1.03 bits per heavy atom. The number of aliphatic hydroxyl groups is 1. The zero-order valence-electron chi connectivity index (χ0n) is 21.0. The molecular weight excluding hydrogens is 554 g/mol. The van der Waals surface area contributed by atoms with Gasteiger partial charge in [0.15, 0.2) is 0 Å². The number of aromatic nitrogens is 1. The van der Waals surface area contributed by atoms with Gasteiger partial charge in [0.05, 0.1) is 11.0 Å². The van der Waals surface area contributed by atoms with Crippen LogP contribution in [0.15, 0.2) is 106 Å². The third-order valence-corrected chi connectivity index (χ3v) is 8.94.